The van der Waals surface area contributed by atoms with E-state index in [2.05, 4.69) is 20.9 Å². The van der Waals surface area contributed by atoms with Gasteiger partial charge in [-0.25, -0.2) is 4.79 Å². The highest BCUT2D eigenvalue weighted by Gasteiger charge is 2.28. The largest absolute Gasteiger partial charge is 0.381 e. The van der Waals surface area contributed by atoms with Crippen molar-refractivity contribution < 1.29 is 14.3 Å². The second-order valence-corrected chi connectivity index (χ2v) is 9.45. The molecule has 3 amide bonds. The third kappa shape index (κ3) is 6.95. The Morgan fingerprint density at radius 2 is 1.65 bits per heavy atom. The third-order valence-electron chi connectivity index (χ3n) is 6.69. The summed E-state index contributed by atoms with van der Waals surface area (Å²) in [5, 5.41) is 9.26. The van der Waals surface area contributed by atoms with Gasteiger partial charge in [0.1, 0.15) is 6.04 Å². The van der Waals surface area contributed by atoms with Crippen molar-refractivity contribution in [3.8, 4) is 0 Å². The molecule has 8 heteroatoms. The zero-order valence-electron chi connectivity index (χ0n) is 19.3. The molecule has 0 aromatic heterocycles. The number of hydrogen-bond acceptors (Lipinski definition) is 4. The van der Waals surface area contributed by atoms with E-state index in [0.717, 1.165) is 57.6 Å². The minimum atomic E-state index is -0.782. The molecule has 0 aliphatic carbocycles. The zero-order valence-corrected chi connectivity index (χ0v) is 20.1. The molecule has 4 rings (SSSR count). The number of halogens is 1. The van der Waals surface area contributed by atoms with Crippen LogP contribution in [0.2, 0.25) is 5.02 Å². The van der Waals surface area contributed by atoms with E-state index < -0.39 is 12.1 Å². The van der Waals surface area contributed by atoms with E-state index in [4.69, 9.17) is 16.3 Å². The predicted molar refractivity (Wildman–Crippen MR) is 134 cm³/mol. The minimum Gasteiger partial charge on any atom is -0.381 e. The van der Waals surface area contributed by atoms with E-state index in [1.54, 1.807) is 24.3 Å². The zero-order chi connectivity index (χ0) is 23.8. The molecule has 2 fully saturated rings. The van der Waals surface area contributed by atoms with Gasteiger partial charge < -0.3 is 25.6 Å². The Morgan fingerprint density at radius 1 is 0.971 bits per heavy atom. The molecule has 0 radical (unpaired) electrons. The number of urea groups is 1. The van der Waals surface area contributed by atoms with Crippen LogP contribution in [0.25, 0.3) is 0 Å². The fraction of sp³-hybridized carbons (Fsp3) is 0.462. The van der Waals surface area contributed by atoms with E-state index in [1.807, 2.05) is 30.3 Å². The van der Waals surface area contributed by atoms with Crippen LogP contribution >= 0.6 is 11.6 Å². The van der Waals surface area contributed by atoms with E-state index >= 15 is 0 Å². The average Bonchev–Trinajstić information content (AvgIpc) is 2.88. The van der Waals surface area contributed by atoms with Crippen molar-refractivity contribution in [2.75, 3.05) is 38.2 Å². The van der Waals surface area contributed by atoms with Crippen molar-refractivity contribution in [3.63, 3.8) is 0 Å². The summed E-state index contributed by atoms with van der Waals surface area (Å²) in [6, 6.07) is 15.5. The molecule has 0 bridgehead atoms. The van der Waals surface area contributed by atoms with Crippen molar-refractivity contribution in [2.45, 2.75) is 37.8 Å². The van der Waals surface area contributed by atoms with Gasteiger partial charge in [-0.1, -0.05) is 41.9 Å². The maximum atomic E-state index is 13.1. The lowest BCUT2D eigenvalue weighted by molar-refractivity contribution is -0.123. The molecule has 34 heavy (non-hydrogen) atoms. The standard InChI is InChI=1S/C26H33ClN4O3/c27-21-6-8-22(9-7-21)29-26(33)30-24(20-4-2-1-3-5-20)25(32)28-18-19-10-14-31(15-11-19)23-12-16-34-17-13-23/h1-9,19,23-24H,10-18H2,(H,28,32)(H2,29,30,33). The first-order chi connectivity index (χ1) is 16.6. The minimum absolute atomic E-state index is 0.204. The number of piperidine rings is 1. The highest BCUT2D eigenvalue weighted by Crippen LogP contribution is 2.23. The van der Waals surface area contributed by atoms with E-state index in [9.17, 15) is 9.59 Å². The van der Waals surface area contributed by atoms with E-state index in [1.165, 1.54) is 0 Å². The molecular weight excluding hydrogens is 452 g/mol. The summed E-state index contributed by atoms with van der Waals surface area (Å²) in [7, 11) is 0. The topological polar surface area (TPSA) is 82.7 Å². The summed E-state index contributed by atoms with van der Waals surface area (Å²) >= 11 is 5.91. The molecule has 7 nitrogen and oxygen atoms in total. The van der Waals surface area contributed by atoms with Crippen LogP contribution in [0.4, 0.5) is 10.5 Å². The molecule has 2 aromatic carbocycles. The molecule has 2 aliphatic rings. The summed E-state index contributed by atoms with van der Waals surface area (Å²) in [5.74, 6) is 0.240. The Labute approximate surface area is 206 Å². The summed E-state index contributed by atoms with van der Waals surface area (Å²) in [4.78, 5) is 28.3. The molecule has 2 heterocycles. The Kier molecular flexibility index (Phi) is 8.79. The number of likely N-dealkylation sites (tertiary alicyclic amines) is 1. The Morgan fingerprint density at radius 3 is 2.32 bits per heavy atom. The second-order valence-electron chi connectivity index (χ2n) is 9.02. The number of rotatable bonds is 7. The average molecular weight is 485 g/mol. The molecule has 2 aromatic rings. The van der Waals surface area contributed by atoms with Crippen LogP contribution in [-0.4, -0.2) is 55.7 Å². The Balaban J connectivity index is 1.30. The van der Waals surface area contributed by atoms with Crippen molar-refractivity contribution in [1.82, 2.24) is 15.5 Å². The smallest absolute Gasteiger partial charge is 0.320 e. The molecule has 182 valence electrons. The fourth-order valence-corrected chi connectivity index (χ4v) is 4.82. The number of carbonyl (C=O) groups excluding carboxylic acids is 2. The van der Waals surface area contributed by atoms with Crippen LogP contribution in [0.1, 0.15) is 37.3 Å². The maximum absolute atomic E-state index is 13.1. The monoisotopic (exact) mass is 484 g/mol. The summed E-state index contributed by atoms with van der Waals surface area (Å²) in [5.41, 5.74) is 1.34. The molecule has 3 N–H and O–H groups in total. The molecule has 0 spiro atoms. The Hall–Kier alpha value is -2.61. The van der Waals surface area contributed by atoms with Crippen molar-refractivity contribution in [3.05, 3.63) is 65.2 Å². The van der Waals surface area contributed by atoms with Gasteiger partial charge in [-0.05, 0) is 74.5 Å². The van der Waals surface area contributed by atoms with Crippen molar-refractivity contribution in [1.29, 1.82) is 0 Å². The van der Waals surface area contributed by atoms with Crippen LogP contribution in [0.15, 0.2) is 54.6 Å². The number of nitrogens with zero attached hydrogens (tertiary/aromatic N) is 1. The lowest BCUT2D eigenvalue weighted by Gasteiger charge is -2.39. The van der Waals surface area contributed by atoms with Gasteiger partial charge in [-0.3, -0.25) is 4.79 Å². The summed E-state index contributed by atoms with van der Waals surface area (Å²) in [6.45, 7) is 4.47. The van der Waals surface area contributed by atoms with Gasteiger partial charge >= 0.3 is 6.03 Å². The van der Waals surface area contributed by atoms with Gasteiger partial charge in [0, 0.05) is 36.5 Å². The second kappa shape index (κ2) is 12.2. The number of benzene rings is 2. The molecule has 1 unspecified atom stereocenters. The molecule has 1 atom stereocenters. The van der Waals surface area contributed by atoms with Crippen LogP contribution in [-0.2, 0) is 9.53 Å². The predicted octanol–water partition coefficient (Wildman–Crippen LogP) is 4.21. The third-order valence-corrected chi connectivity index (χ3v) is 6.95. The fourth-order valence-electron chi connectivity index (χ4n) is 4.70. The number of ether oxygens (including phenoxy) is 1. The molecule has 0 saturated carbocycles. The first-order valence-corrected chi connectivity index (χ1v) is 12.4. The Bertz CT molecular complexity index is 927. The van der Waals surface area contributed by atoms with Crippen LogP contribution in [0.5, 0.6) is 0 Å². The molecule has 2 saturated heterocycles. The first-order valence-electron chi connectivity index (χ1n) is 12.1. The summed E-state index contributed by atoms with van der Waals surface area (Å²) < 4.78 is 5.49. The van der Waals surface area contributed by atoms with E-state index in [0.29, 0.717) is 29.2 Å². The lowest BCUT2D eigenvalue weighted by Crippen LogP contribution is -2.47. The SMILES string of the molecule is O=C(Nc1ccc(Cl)cc1)NC(C(=O)NCC1CCN(C2CCOCC2)CC1)c1ccccc1. The lowest BCUT2D eigenvalue weighted by atomic mass is 9.94. The van der Waals surface area contributed by atoms with Gasteiger partial charge in [0.15, 0.2) is 0 Å². The number of amides is 3. The number of carbonyl (C=O) groups is 2. The summed E-state index contributed by atoms with van der Waals surface area (Å²) in [6.07, 6.45) is 4.37. The van der Waals surface area contributed by atoms with Crippen molar-refractivity contribution in [2.24, 2.45) is 5.92 Å². The van der Waals surface area contributed by atoms with Crippen molar-refractivity contribution >= 4 is 29.2 Å². The first kappa shape index (κ1) is 24.5. The van der Waals surface area contributed by atoms with Gasteiger partial charge in [-0.15, -0.1) is 0 Å². The number of hydrogen-bond donors (Lipinski definition) is 3. The number of nitrogens with one attached hydrogen (secondary N) is 3. The highest BCUT2D eigenvalue weighted by atomic mass is 35.5. The van der Waals surface area contributed by atoms with Crippen LogP contribution < -0.4 is 16.0 Å². The normalized spacial score (nSPS) is 18.7. The maximum Gasteiger partial charge on any atom is 0.320 e. The molecular formula is C26H33ClN4O3. The van der Waals surface area contributed by atoms with Gasteiger partial charge in [0.05, 0.1) is 0 Å². The van der Waals surface area contributed by atoms with Crippen LogP contribution in [0.3, 0.4) is 0 Å². The van der Waals surface area contributed by atoms with Gasteiger partial charge in [0.2, 0.25) is 5.91 Å². The van der Waals surface area contributed by atoms with Gasteiger partial charge in [-0.2, -0.15) is 0 Å². The van der Waals surface area contributed by atoms with E-state index in [-0.39, 0.29) is 5.91 Å². The number of anilines is 1. The highest BCUT2D eigenvalue weighted by molar-refractivity contribution is 6.30. The quantitative estimate of drug-likeness (QED) is 0.549. The molecule has 2 aliphatic heterocycles. The van der Waals surface area contributed by atoms with Gasteiger partial charge in [0.25, 0.3) is 0 Å². The van der Waals surface area contributed by atoms with Crippen LogP contribution in [0, 0.1) is 5.92 Å².